The second-order valence-corrected chi connectivity index (χ2v) is 5.53. The Morgan fingerprint density at radius 1 is 1.30 bits per heavy atom. The van der Waals surface area contributed by atoms with Crippen molar-refractivity contribution >= 4 is 5.91 Å². The van der Waals surface area contributed by atoms with Crippen molar-refractivity contribution in [3.05, 3.63) is 30.1 Å². The Bertz CT molecular complexity index is 399. The van der Waals surface area contributed by atoms with E-state index in [0.717, 1.165) is 25.8 Å². The molecule has 1 saturated carbocycles. The minimum Gasteiger partial charge on any atom is -0.336 e. The van der Waals surface area contributed by atoms with Crippen LogP contribution in [0.15, 0.2) is 24.5 Å². The molecule has 110 valence electrons. The number of pyridine rings is 1. The number of hydrogen-bond acceptors (Lipinski definition) is 3. The molecule has 2 rings (SSSR count). The molecule has 0 atom stereocenters. The first kappa shape index (κ1) is 15.0. The fourth-order valence-electron chi connectivity index (χ4n) is 2.94. The summed E-state index contributed by atoms with van der Waals surface area (Å²) in [5.41, 5.74) is 6.31. The van der Waals surface area contributed by atoms with Crippen LogP contribution in [0.3, 0.4) is 0 Å². The quantitative estimate of drug-likeness (QED) is 0.840. The third-order valence-corrected chi connectivity index (χ3v) is 4.04. The van der Waals surface area contributed by atoms with Gasteiger partial charge in [-0.3, -0.25) is 9.78 Å². The van der Waals surface area contributed by atoms with Crippen molar-refractivity contribution in [2.45, 2.75) is 51.0 Å². The van der Waals surface area contributed by atoms with Crippen molar-refractivity contribution in [2.75, 3.05) is 13.1 Å². The summed E-state index contributed by atoms with van der Waals surface area (Å²) in [7, 11) is 0. The molecule has 0 aliphatic heterocycles. The van der Waals surface area contributed by atoms with E-state index in [2.05, 4.69) is 4.98 Å². The molecule has 4 nitrogen and oxygen atoms in total. The van der Waals surface area contributed by atoms with Crippen molar-refractivity contribution in [1.82, 2.24) is 9.88 Å². The van der Waals surface area contributed by atoms with E-state index in [9.17, 15) is 4.79 Å². The predicted octanol–water partition coefficient (Wildman–Crippen LogP) is 2.60. The van der Waals surface area contributed by atoms with Crippen LogP contribution in [0.25, 0.3) is 0 Å². The lowest BCUT2D eigenvalue weighted by Crippen LogP contribution is -2.41. The van der Waals surface area contributed by atoms with Gasteiger partial charge in [0.25, 0.3) is 5.91 Å². The minimum atomic E-state index is 0.110. The smallest absolute Gasteiger partial charge is 0.255 e. The summed E-state index contributed by atoms with van der Waals surface area (Å²) in [6.07, 6.45) is 11.5. The van der Waals surface area contributed by atoms with Gasteiger partial charge in [0.05, 0.1) is 5.56 Å². The van der Waals surface area contributed by atoms with Gasteiger partial charge in [-0.15, -0.1) is 0 Å². The molecule has 0 saturated heterocycles. The second-order valence-electron chi connectivity index (χ2n) is 5.53. The zero-order valence-electron chi connectivity index (χ0n) is 12.1. The van der Waals surface area contributed by atoms with Crippen LogP contribution in [0.1, 0.15) is 55.3 Å². The normalized spacial score (nSPS) is 16.6. The average Bonchev–Trinajstić information content (AvgIpc) is 2.77. The molecule has 0 aromatic carbocycles. The molecule has 1 aromatic heterocycles. The number of nitrogens with zero attached hydrogens (tertiary/aromatic N) is 2. The van der Waals surface area contributed by atoms with Gasteiger partial charge in [0.2, 0.25) is 0 Å². The summed E-state index contributed by atoms with van der Waals surface area (Å²) in [4.78, 5) is 18.8. The highest BCUT2D eigenvalue weighted by Gasteiger charge is 2.25. The van der Waals surface area contributed by atoms with Crippen LogP contribution in [0.5, 0.6) is 0 Å². The van der Waals surface area contributed by atoms with Crippen LogP contribution in [0.4, 0.5) is 0 Å². The Kier molecular flexibility index (Phi) is 5.99. The molecule has 1 heterocycles. The monoisotopic (exact) mass is 275 g/mol. The molecule has 0 spiro atoms. The highest BCUT2D eigenvalue weighted by Crippen LogP contribution is 2.23. The summed E-state index contributed by atoms with van der Waals surface area (Å²) in [5, 5.41) is 0. The molecule has 1 aromatic rings. The van der Waals surface area contributed by atoms with Crippen LogP contribution in [-0.4, -0.2) is 34.9 Å². The molecule has 0 unspecified atom stereocenters. The van der Waals surface area contributed by atoms with Crippen molar-refractivity contribution in [3.63, 3.8) is 0 Å². The highest BCUT2D eigenvalue weighted by atomic mass is 16.2. The molecule has 2 N–H and O–H groups in total. The fraction of sp³-hybridized carbons (Fsp3) is 0.625. The molecular weight excluding hydrogens is 250 g/mol. The maximum atomic E-state index is 12.7. The van der Waals surface area contributed by atoms with Crippen molar-refractivity contribution in [3.8, 4) is 0 Å². The number of aromatic nitrogens is 1. The summed E-state index contributed by atoms with van der Waals surface area (Å²) >= 11 is 0. The van der Waals surface area contributed by atoms with E-state index in [0.29, 0.717) is 18.2 Å². The minimum absolute atomic E-state index is 0.110. The van der Waals surface area contributed by atoms with Crippen LogP contribution in [0.2, 0.25) is 0 Å². The first-order valence-electron chi connectivity index (χ1n) is 7.74. The second kappa shape index (κ2) is 8.00. The lowest BCUT2D eigenvalue weighted by Gasteiger charge is -2.31. The lowest BCUT2D eigenvalue weighted by molar-refractivity contribution is 0.0658. The number of rotatable bonds is 5. The summed E-state index contributed by atoms with van der Waals surface area (Å²) in [6.45, 7) is 1.39. The maximum Gasteiger partial charge on any atom is 0.255 e. The van der Waals surface area contributed by atoms with Gasteiger partial charge in [-0.25, -0.2) is 0 Å². The van der Waals surface area contributed by atoms with Gasteiger partial charge in [-0.2, -0.15) is 0 Å². The Morgan fingerprint density at radius 2 is 2.05 bits per heavy atom. The van der Waals surface area contributed by atoms with E-state index < -0.39 is 0 Å². The highest BCUT2D eigenvalue weighted by molar-refractivity contribution is 5.94. The molecule has 0 radical (unpaired) electrons. The largest absolute Gasteiger partial charge is 0.336 e. The topological polar surface area (TPSA) is 59.2 Å². The van der Waals surface area contributed by atoms with Crippen LogP contribution in [-0.2, 0) is 0 Å². The summed E-state index contributed by atoms with van der Waals surface area (Å²) < 4.78 is 0. The third kappa shape index (κ3) is 4.04. The number of nitrogens with two attached hydrogens (primary N) is 1. The average molecular weight is 275 g/mol. The Morgan fingerprint density at radius 3 is 2.65 bits per heavy atom. The van der Waals surface area contributed by atoms with Crippen LogP contribution >= 0.6 is 0 Å². The van der Waals surface area contributed by atoms with Gasteiger partial charge < -0.3 is 10.6 Å². The molecule has 1 amide bonds. The lowest BCUT2D eigenvalue weighted by atomic mass is 10.1. The van der Waals surface area contributed by atoms with E-state index >= 15 is 0 Å². The molecule has 1 aliphatic carbocycles. The summed E-state index contributed by atoms with van der Waals surface area (Å²) in [6, 6.07) is 4.04. The van der Waals surface area contributed by atoms with E-state index in [-0.39, 0.29) is 5.91 Å². The number of hydrogen-bond donors (Lipinski definition) is 1. The Hall–Kier alpha value is -1.42. The molecule has 4 heteroatoms. The van der Waals surface area contributed by atoms with Gasteiger partial charge in [0, 0.05) is 25.0 Å². The number of carbonyl (C=O) groups is 1. The zero-order chi connectivity index (χ0) is 14.2. The predicted molar refractivity (Wildman–Crippen MR) is 80.4 cm³/mol. The van der Waals surface area contributed by atoms with Crippen molar-refractivity contribution < 1.29 is 4.79 Å². The van der Waals surface area contributed by atoms with Crippen LogP contribution < -0.4 is 5.73 Å². The molecule has 0 bridgehead atoms. The van der Waals surface area contributed by atoms with E-state index in [1.54, 1.807) is 12.4 Å². The van der Waals surface area contributed by atoms with E-state index in [1.165, 1.54) is 25.7 Å². The fourth-order valence-corrected chi connectivity index (χ4v) is 2.94. The third-order valence-electron chi connectivity index (χ3n) is 4.04. The standard InChI is InChI=1S/C16H25N3O/c17-10-6-12-19(15-8-3-1-2-4-9-15)16(20)14-7-5-11-18-13-14/h5,7,11,13,15H,1-4,6,8-10,12,17H2. The first-order valence-corrected chi connectivity index (χ1v) is 7.74. The zero-order valence-corrected chi connectivity index (χ0v) is 12.1. The van der Waals surface area contributed by atoms with Gasteiger partial charge in [-0.1, -0.05) is 25.7 Å². The maximum absolute atomic E-state index is 12.7. The molecule has 1 fully saturated rings. The van der Waals surface area contributed by atoms with Gasteiger partial charge >= 0.3 is 0 Å². The van der Waals surface area contributed by atoms with E-state index in [1.807, 2.05) is 17.0 Å². The number of amides is 1. The molecule has 1 aliphatic rings. The molecular formula is C16H25N3O. The van der Waals surface area contributed by atoms with Gasteiger partial charge in [0.15, 0.2) is 0 Å². The summed E-state index contributed by atoms with van der Waals surface area (Å²) in [5.74, 6) is 0.110. The Labute approximate surface area is 121 Å². The van der Waals surface area contributed by atoms with Crippen LogP contribution in [0, 0.1) is 0 Å². The molecule has 20 heavy (non-hydrogen) atoms. The van der Waals surface area contributed by atoms with Gasteiger partial charge in [0.1, 0.15) is 0 Å². The van der Waals surface area contributed by atoms with E-state index in [4.69, 9.17) is 5.73 Å². The first-order chi connectivity index (χ1) is 9.83. The Balaban J connectivity index is 2.11. The van der Waals surface area contributed by atoms with Gasteiger partial charge in [-0.05, 0) is 37.9 Å². The van der Waals surface area contributed by atoms with Crippen molar-refractivity contribution in [1.29, 1.82) is 0 Å². The number of carbonyl (C=O) groups excluding carboxylic acids is 1. The van der Waals surface area contributed by atoms with Crippen molar-refractivity contribution in [2.24, 2.45) is 5.73 Å². The SMILES string of the molecule is NCCCN(C(=O)c1cccnc1)C1CCCCCC1.